The molecule has 2 atom stereocenters. The first-order valence-corrected chi connectivity index (χ1v) is 10.6. The summed E-state index contributed by atoms with van der Waals surface area (Å²) in [5, 5.41) is 0.634. The molecule has 0 radical (unpaired) electrons. The Hall–Kier alpha value is -1.70. The van der Waals surface area contributed by atoms with Crippen LogP contribution >= 0.6 is 23.2 Å². The zero-order valence-electron chi connectivity index (χ0n) is 18.0. The van der Waals surface area contributed by atoms with Crippen molar-refractivity contribution in [1.29, 1.82) is 0 Å². The Morgan fingerprint density at radius 1 is 1.23 bits per heavy atom. The molecule has 7 nitrogen and oxygen atoms in total. The molecule has 1 saturated heterocycles. The van der Waals surface area contributed by atoms with Crippen molar-refractivity contribution in [2.24, 2.45) is 5.92 Å². The molecule has 1 aromatic carbocycles. The molecule has 1 aromatic rings. The Labute approximate surface area is 187 Å². The number of esters is 1. The molecular formula is C21H29Cl2NO6. The predicted molar refractivity (Wildman–Crippen MR) is 114 cm³/mol. The van der Waals surface area contributed by atoms with Gasteiger partial charge in [0.2, 0.25) is 0 Å². The van der Waals surface area contributed by atoms with Crippen molar-refractivity contribution in [2.45, 2.75) is 52.2 Å². The molecular weight excluding hydrogens is 433 g/mol. The van der Waals surface area contributed by atoms with Gasteiger partial charge in [0.05, 0.1) is 29.1 Å². The second-order valence-electron chi connectivity index (χ2n) is 8.08. The first kappa shape index (κ1) is 24.6. The number of nitrogens with zero attached hydrogens (tertiary/aromatic N) is 1. The van der Waals surface area contributed by atoms with E-state index in [9.17, 15) is 9.59 Å². The predicted octanol–water partition coefficient (Wildman–Crippen LogP) is 5.23. The van der Waals surface area contributed by atoms with Gasteiger partial charge in [-0.2, -0.15) is 0 Å². The topological polar surface area (TPSA) is 74.3 Å². The van der Waals surface area contributed by atoms with Crippen molar-refractivity contribution >= 4 is 35.3 Å². The lowest BCUT2D eigenvalue weighted by Crippen LogP contribution is -2.37. The van der Waals surface area contributed by atoms with Gasteiger partial charge < -0.3 is 23.8 Å². The highest BCUT2D eigenvalue weighted by atomic mass is 35.5. The molecule has 1 aliphatic rings. The second kappa shape index (κ2) is 10.6. The fourth-order valence-corrected chi connectivity index (χ4v) is 3.88. The lowest BCUT2D eigenvalue weighted by Gasteiger charge is -2.30. The first-order chi connectivity index (χ1) is 14.1. The monoisotopic (exact) mass is 461 g/mol. The fraction of sp³-hybridized carbons (Fsp3) is 0.619. The molecule has 0 saturated carbocycles. The minimum Gasteiger partial charge on any atom is -0.467 e. The summed E-state index contributed by atoms with van der Waals surface area (Å²) in [5.41, 5.74) is -0.104. The third-order valence-electron chi connectivity index (χ3n) is 4.53. The fourth-order valence-electron chi connectivity index (χ4n) is 3.43. The summed E-state index contributed by atoms with van der Waals surface area (Å²) in [4.78, 5) is 26.6. The van der Waals surface area contributed by atoms with Crippen LogP contribution in [0.3, 0.4) is 0 Å². The van der Waals surface area contributed by atoms with Crippen LogP contribution in [0.1, 0.15) is 52.1 Å². The van der Waals surface area contributed by atoms with Crippen LogP contribution in [0.4, 0.5) is 4.79 Å². The number of hydrogen-bond acceptors (Lipinski definition) is 6. The number of halogens is 2. The summed E-state index contributed by atoms with van der Waals surface area (Å²) in [6.07, 6.45) is 0.185. The summed E-state index contributed by atoms with van der Waals surface area (Å²) in [5.74, 6) is 0.0359. The highest BCUT2D eigenvalue weighted by Crippen LogP contribution is 2.46. The van der Waals surface area contributed by atoms with Gasteiger partial charge in [0.25, 0.3) is 0 Å². The van der Waals surface area contributed by atoms with Crippen molar-refractivity contribution in [1.82, 2.24) is 4.90 Å². The highest BCUT2D eigenvalue weighted by Gasteiger charge is 2.41. The van der Waals surface area contributed by atoms with Gasteiger partial charge >= 0.3 is 12.1 Å². The maximum atomic E-state index is 13.0. The maximum absolute atomic E-state index is 13.0. The van der Waals surface area contributed by atoms with Crippen LogP contribution in [0.5, 0.6) is 5.75 Å². The van der Waals surface area contributed by atoms with Gasteiger partial charge in [-0.25, -0.2) is 4.79 Å². The van der Waals surface area contributed by atoms with Gasteiger partial charge in [0, 0.05) is 19.2 Å². The first-order valence-electron chi connectivity index (χ1n) is 9.82. The summed E-state index contributed by atoms with van der Waals surface area (Å²) >= 11 is 12.8. The number of rotatable bonds is 7. The third kappa shape index (κ3) is 6.40. The van der Waals surface area contributed by atoms with Crippen molar-refractivity contribution < 1.29 is 28.5 Å². The van der Waals surface area contributed by atoms with Gasteiger partial charge in [-0.3, -0.25) is 4.79 Å². The Morgan fingerprint density at radius 2 is 1.93 bits per heavy atom. The molecule has 9 heteroatoms. The summed E-state index contributed by atoms with van der Waals surface area (Å²) in [6.45, 7) is 7.79. The van der Waals surface area contributed by atoms with Gasteiger partial charge in [-0.05, 0) is 52.2 Å². The number of methoxy groups -OCH3 is 1. The molecule has 1 heterocycles. The molecule has 0 aromatic heterocycles. The maximum Gasteiger partial charge on any atom is 0.410 e. The summed E-state index contributed by atoms with van der Waals surface area (Å²) < 4.78 is 21.4. The molecule has 168 valence electrons. The van der Waals surface area contributed by atoms with Crippen LogP contribution in [0.25, 0.3) is 0 Å². The number of benzene rings is 1. The Bertz CT molecular complexity index is 765. The van der Waals surface area contributed by atoms with E-state index in [4.69, 9.17) is 42.1 Å². The standard InChI is InChI=1S/C21H29Cl2NO6/c1-6-28-17(25)10-13-9-15(24(11-13)20(26)30-21(2,3)4)18-16(29-12-27-5)8-7-14(22)19(18)23/h7-8,13,15H,6,9-12H2,1-5H3/t13?,15-/m0/s1. The quantitative estimate of drug-likeness (QED) is 0.408. The number of ether oxygens (including phenoxy) is 4. The summed E-state index contributed by atoms with van der Waals surface area (Å²) in [6, 6.07) is 2.84. The molecule has 0 spiro atoms. The lowest BCUT2D eigenvalue weighted by atomic mass is 9.97. The summed E-state index contributed by atoms with van der Waals surface area (Å²) in [7, 11) is 1.51. The van der Waals surface area contributed by atoms with Gasteiger partial charge in [-0.1, -0.05) is 23.2 Å². The van der Waals surface area contributed by atoms with Crippen LogP contribution in [0.2, 0.25) is 10.0 Å². The minimum absolute atomic E-state index is 0.0103. The van der Waals surface area contributed by atoms with E-state index in [1.54, 1.807) is 44.7 Å². The minimum atomic E-state index is -0.672. The molecule has 1 aliphatic heterocycles. The Morgan fingerprint density at radius 3 is 2.53 bits per heavy atom. The van der Waals surface area contributed by atoms with Crippen molar-refractivity contribution in [3.05, 3.63) is 27.7 Å². The number of carbonyl (C=O) groups excluding carboxylic acids is 2. The molecule has 0 bridgehead atoms. The van der Waals surface area contributed by atoms with Crippen LogP contribution in [-0.2, 0) is 19.0 Å². The zero-order chi connectivity index (χ0) is 22.5. The van der Waals surface area contributed by atoms with E-state index < -0.39 is 17.7 Å². The number of amides is 1. The number of carbonyl (C=O) groups is 2. The zero-order valence-corrected chi connectivity index (χ0v) is 19.5. The third-order valence-corrected chi connectivity index (χ3v) is 5.35. The molecule has 2 rings (SSSR count). The van der Waals surface area contributed by atoms with E-state index >= 15 is 0 Å². The van der Waals surface area contributed by atoms with E-state index in [-0.39, 0.29) is 25.1 Å². The van der Waals surface area contributed by atoms with Crippen LogP contribution in [0, 0.1) is 5.92 Å². The molecule has 1 amide bonds. The molecule has 30 heavy (non-hydrogen) atoms. The normalized spacial score (nSPS) is 19.0. The number of likely N-dealkylation sites (tertiary alicyclic amines) is 1. The van der Waals surface area contributed by atoms with E-state index in [0.717, 1.165) is 0 Å². The smallest absolute Gasteiger partial charge is 0.410 e. The molecule has 1 fully saturated rings. The van der Waals surface area contributed by atoms with Crippen molar-refractivity contribution in [3.8, 4) is 5.75 Å². The van der Waals surface area contributed by atoms with E-state index in [2.05, 4.69) is 0 Å². The van der Waals surface area contributed by atoms with Crippen molar-refractivity contribution in [2.75, 3.05) is 27.1 Å². The van der Waals surface area contributed by atoms with E-state index in [0.29, 0.717) is 40.9 Å². The van der Waals surface area contributed by atoms with Crippen LogP contribution in [0.15, 0.2) is 12.1 Å². The number of hydrogen-bond donors (Lipinski definition) is 0. The lowest BCUT2D eigenvalue weighted by molar-refractivity contribution is -0.144. The Kier molecular flexibility index (Phi) is 8.64. The van der Waals surface area contributed by atoms with Crippen LogP contribution in [-0.4, -0.2) is 49.6 Å². The van der Waals surface area contributed by atoms with Crippen LogP contribution < -0.4 is 4.74 Å². The van der Waals surface area contributed by atoms with E-state index in [1.807, 2.05) is 0 Å². The molecule has 1 unspecified atom stereocenters. The van der Waals surface area contributed by atoms with Gasteiger partial charge in [0.15, 0.2) is 6.79 Å². The Balaban J connectivity index is 2.41. The van der Waals surface area contributed by atoms with E-state index in [1.165, 1.54) is 7.11 Å². The molecule has 0 N–H and O–H groups in total. The second-order valence-corrected chi connectivity index (χ2v) is 8.87. The van der Waals surface area contributed by atoms with Gasteiger partial charge in [0.1, 0.15) is 11.4 Å². The average Bonchev–Trinajstić information content (AvgIpc) is 3.04. The SMILES string of the molecule is CCOC(=O)CC1C[C@@H](c2c(OCOC)ccc(Cl)c2Cl)N(C(=O)OC(C)(C)C)C1. The van der Waals surface area contributed by atoms with Gasteiger partial charge in [-0.15, -0.1) is 0 Å². The largest absolute Gasteiger partial charge is 0.467 e. The van der Waals surface area contributed by atoms with Crippen molar-refractivity contribution in [3.63, 3.8) is 0 Å². The average molecular weight is 462 g/mol. The highest BCUT2D eigenvalue weighted by molar-refractivity contribution is 6.42. The molecule has 0 aliphatic carbocycles.